The maximum absolute atomic E-state index is 11.5. The SMILES string of the molecule is C[C@H]1C[C@H]1NC(=O)CSCc1cccnc1. The summed E-state index contributed by atoms with van der Waals surface area (Å²) in [5, 5.41) is 3.01. The molecule has 1 saturated carbocycles. The minimum Gasteiger partial charge on any atom is -0.352 e. The van der Waals surface area contributed by atoms with Crippen LogP contribution in [-0.4, -0.2) is 22.7 Å². The highest BCUT2D eigenvalue weighted by Gasteiger charge is 2.33. The zero-order valence-corrected chi connectivity index (χ0v) is 10.2. The van der Waals surface area contributed by atoms with E-state index in [9.17, 15) is 4.79 Å². The van der Waals surface area contributed by atoms with Crippen LogP contribution in [0.15, 0.2) is 24.5 Å². The van der Waals surface area contributed by atoms with E-state index in [1.807, 2.05) is 18.3 Å². The predicted molar refractivity (Wildman–Crippen MR) is 66.1 cm³/mol. The van der Waals surface area contributed by atoms with Crippen LogP contribution < -0.4 is 5.32 Å². The average Bonchev–Trinajstić information content (AvgIpc) is 2.95. The Balaban J connectivity index is 1.62. The highest BCUT2D eigenvalue weighted by atomic mass is 32.2. The third kappa shape index (κ3) is 3.52. The number of amides is 1. The summed E-state index contributed by atoms with van der Waals surface area (Å²) in [5.41, 5.74) is 1.17. The van der Waals surface area contributed by atoms with Crippen LogP contribution in [0.3, 0.4) is 0 Å². The molecule has 3 nitrogen and oxygen atoms in total. The van der Waals surface area contributed by atoms with Crippen molar-refractivity contribution < 1.29 is 4.79 Å². The molecule has 0 saturated heterocycles. The molecule has 0 spiro atoms. The standard InChI is InChI=1S/C12H16N2OS/c1-9-5-11(9)14-12(15)8-16-7-10-3-2-4-13-6-10/h2-4,6,9,11H,5,7-8H2,1H3,(H,14,15)/t9-,11+/m0/s1. The van der Waals surface area contributed by atoms with Gasteiger partial charge in [0, 0.05) is 24.2 Å². The molecule has 0 aliphatic heterocycles. The van der Waals surface area contributed by atoms with E-state index in [-0.39, 0.29) is 5.91 Å². The van der Waals surface area contributed by atoms with Gasteiger partial charge in [0.2, 0.25) is 5.91 Å². The quantitative estimate of drug-likeness (QED) is 0.848. The molecular formula is C12H16N2OS. The Morgan fingerprint density at radius 1 is 1.69 bits per heavy atom. The van der Waals surface area contributed by atoms with Crippen molar-refractivity contribution >= 4 is 17.7 Å². The van der Waals surface area contributed by atoms with Gasteiger partial charge in [0.25, 0.3) is 0 Å². The summed E-state index contributed by atoms with van der Waals surface area (Å²) in [6, 6.07) is 4.38. The van der Waals surface area contributed by atoms with E-state index in [4.69, 9.17) is 0 Å². The Hall–Kier alpha value is -1.03. The van der Waals surface area contributed by atoms with Crippen LogP contribution >= 0.6 is 11.8 Å². The first kappa shape index (κ1) is 11.5. The minimum absolute atomic E-state index is 0.156. The number of carbonyl (C=O) groups excluding carboxylic acids is 1. The number of nitrogens with one attached hydrogen (secondary N) is 1. The van der Waals surface area contributed by atoms with Crippen LogP contribution in [0.1, 0.15) is 18.9 Å². The van der Waals surface area contributed by atoms with Gasteiger partial charge >= 0.3 is 0 Å². The van der Waals surface area contributed by atoms with E-state index < -0.39 is 0 Å². The molecule has 0 unspecified atom stereocenters. The smallest absolute Gasteiger partial charge is 0.230 e. The first-order valence-corrected chi connectivity index (χ1v) is 6.67. The maximum Gasteiger partial charge on any atom is 0.230 e. The summed E-state index contributed by atoms with van der Waals surface area (Å²) in [6.45, 7) is 2.16. The maximum atomic E-state index is 11.5. The van der Waals surface area contributed by atoms with Crippen LogP contribution in [-0.2, 0) is 10.5 Å². The molecule has 2 atom stereocenters. The Labute approximate surface area is 100 Å². The van der Waals surface area contributed by atoms with Crippen LogP contribution in [0, 0.1) is 5.92 Å². The fourth-order valence-electron chi connectivity index (χ4n) is 1.52. The van der Waals surface area contributed by atoms with Gasteiger partial charge in [-0.3, -0.25) is 9.78 Å². The summed E-state index contributed by atoms with van der Waals surface area (Å²) in [5.74, 6) is 2.22. The summed E-state index contributed by atoms with van der Waals surface area (Å²) < 4.78 is 0. The molecule has 1 aliphatic rings. The number of pyridine rings is 1. The van der Waals surface area contributed by atoms with Crippen molar-refractivity contribution in [3.8, 4) is 0 Å². The Bertz CT molecular complexity index is 355. The minimum atomic E-state index is 0.156. The van der Waals surface area contributed by atoms with Crippen molar-refractivity contribution in [1.29, 1.82) is 0 Å². The Morgan fingerprint density at radius 2 is 2.50 bits per heavy atom. The molecule has 1 aromatic rings. The molecule has 1 aliphatic carbocycles. The molecule has 0 aromatic carbocycles. The molecular weight excluding hydrogens is 220 g/mol. The number of nitrogens with zero attached hydrogens (tertiary/aromatic N) is 1. The lowest BCUT2D eigenvalue weighted by Crippen LogP contribution is -2.28. The topological polar surface area (TPSA) is 42.0 Å². The van der Waals surface area contributed by atoms with Crippen molar-refractivity contribution in [2.75, 3.05) is 5.75 Å². The van der Waals surface area contributed by atoms with Gasteiger partial charge in [-0.15, -0.1) is 11.8 Å². The number of hydrogen-bond donors (Lipinski definition) is 1. The number of aromatic nitrogens is 1. The second-order valence-electron chi connectivity index (χ2n) is 4.24. The number of hydrogen-bond acceptors (Lipinski definition) is 3. The molecule has 1 fully saturated rings. The normalized spacial score (nSPS) is 22.8. The third-order valence-electron chi connectivity index (χ3n) is 2.68. The van der Waals surface area contributed by atoms with E-state index in [0.29, 0.717) is 17.7 Å². The second kappa shape index (κ2) is 5.34. The third-order valence-corrected chi connectivity index (χ3v) is 3.68. The molecule has 2 rings (SSSR count). The highest BCUT2D eigenvalue weighted by Crippen LogP contribution is 2.28. The predicted octanol–water partition coefficient (Wildman–Crippen LogP) is 1.84. The lowest BCUT2D eigenvalue weighted by atomic mass is 10.3. The zero-order valence-electron chi connectivity index (χ0n) is 9.35. The average molecular weight is 236 g/mol. The molecule has 0 radical (unpaired) electrons. The van der Waals surface area contributed by atoms with Crippen molar-refractivity contribution in [2.24, 2.45) is 5.92 Å². The monoisotopic (exact) mass is 236 g/mol. The van der Waals surface area contributed by atoms with Gasteiger partial charge in [0.1, 0.15) is 0 Å². The molecule has 1 amide bonds. The van der Waals surface area contributed by atoms with Gasteiger partial charge in [-0.25, -0.2) is 0 Å². The van der Waals surface area contributed by atoms with E-state index in [1.165, 1.54) is 5.56 Å². The van der Waals surface area contributed by atoms with Crippen LogP contribution in [0.5, 0.6) is 0 Å². The van der Waals surface area contributed by atoms with Gasteiger partial charge in [-0.1, -0.05) is 13.0 Å². The summed E-state index contributed by atoms with van der Waals surface area (Å²) >= 11 is 1.63. The Morgan fingerprint density at radius 3 is 3.12 bits per heavy atom. The molecule has 16 heavy (non-hydrogen) atoms. The van der Waals surface area contributed by atoms with Crippen LogP contribution in [0.2, 0.25) is 0 Å². The second-order valence-corrected chi connectivity index (χ2v) is 5.23. The molecule has 1 aromatic heterocycles. The fourth-order valence-corrected chi connectivity index (χ4v) is 2.29. The van der Waals surface area contributed by atoms with Gasteiger partial charge < -0.3 is 5.32 Å². The Kier molecular flexibility index (Phi) is 3.83. The lowest BCUT2D eigenvalue weighted by Gasteiger charge is -2.03. The number of carbonyl (C=O) groups is 1. The van der Waals surface area contributed by atoms with Crippen LogP contribution in [0.25, 0.3) is 0 Å². The van der Waals surface area contributed by atoms with E-state index in [1.54, 1.807) is 18.0 Å². The number of rotatable bonds is 5. The van der Waals surface area contributed by atoms with Gasteiger partial charge in [0.05, 0.1) is 5.75 Å². The largest absolute Gasteiger partial charge is 0.352 e. The summed E-state index contributed by atoms with van der Waals surface area (Å²) in [7, 11) is 0. The van der Waals surface area contributed by atoms with Crippen molar-refractivity contribution in [1.82, 2.24) is 10.3 Å². The number of thioether (sulfide) groups is 1. The summed E-state index contributed by atoms with van der Waals surface area (Å²) in [4.78, 5) is 15.5. The summed E-state index contributed by atoms with van der Waals surface area (Å²) in [6.07, 6.45) is 4.74. The van der Waals surface area contributed by atoms with Crippen molar-refractivity contribution in [2.45, 2.75) is 25.1 Å². The first-order chi connectivity index (χ1) is 7.75. The molecule has 86 valence electrons. The first-order valence-electron chi connectivity index (χ1n) is 5.51. The molecule has 4 heteroatoms. The van der Waals surface area contributed by atoms with Gasteiger partial charge in [-0.05, 0) is 24.0 Å². The lowest BCUT2D eigenvalue weighted by molar-refractivity contribution is -0.118. The molecule has 0 bridgehead atoms. The van der Waals surface area contributed by atoms with E-state index in [0.717, 1.165) is 12.2 Å². The van der Waals surface area contributed by atoms with Crippen LogP contribution in [0.4, 0.5) is 0 Å². The van der Waals surface area contributed by atoms with Crippen molar-refractivity contribution in [3.63, 3.8) is 0 Å². The van der Waals surface area contributed by atoms with Gasteiger partial charge in [0.15, 0.2) is 0 Å². The van der Waals surface area contributed by atoms with Crippen molar-refractivity contribution in [3.05, 3.63) is 30.1 Å². The molecule has 1 N–H and O–H groups in total. The fraction of sp³-hybridized carbons (Fsp3) is 0.500. The van der Waals surface area contributed by atoms with E-state index in [2.05, 4.69) is 17.2 Å². The van der Waals surface area contributed by atoms with E-state index >= 15 is 0 Å². The molecule has 1 heterocycles. The zero-order chi connectivity index (χ0) is 11.4. The van der Waals surface area contributed by atoms with Gasteiger partial charge in [-0.2, -0.15) is 0 Å². The highest BCUT2D eigenvalue weighted by molar-refractivity contribution is 7.99.